The number of hydrogen-bond donors (Lipinski definition) is 2. The van der Waals surface area contributed by atoms with Crippen molar-refractivity contribution >= 4 is 23.3 Å². The van der Waals surface area contributed by atoms with E-state index < -0.39 is 17.8 Å². The highest BCUT2D eigenvalue weighted by molar-refractivity contribution is 5.93. The Bertz CT molecular complexity index is 1310. The molecule has 1 spiro atoms. The minimum absolute atomic E-state index is 0.0559. The molecule has 9 heteroatoms. The molecule has 1 saturated carbocycles. The van der Waals surface area contributed by atoms with Crippen LogP contribution in [-0.4, -0.2) is 38.5 Å². The maximum Gasteiger partial charge on any atom is 0.339 e. The molecule has 2 fully saturated rings. The molecule has 3 aromatic rings. The summed E-state index contributed by atoms with van der Waals surface area (Å²) in [7, 11) is 0. The highest BCUT2D eigenvalue weighted by atomic mass is 19.1. The second-order valence-electron chi connectivity index (χ2n) is 9.33. The second-order valence-corrected chi connectivity index (χ2v) is 9.33. The number of halogens is 1. The zero-order valence-electron chi connectivity index (χ0n) is 18.6. The number of piperidine rings is 1. The van der Waals surface area contributed by atoms with Gasteiger partial charge in [-0.05, 0) is 62.6 Å². The summed E-state index contributed by atoms with van der Waals surface area (Å²) in [5.74, 6) is -1.28. The number of nitrogens with zero attached hydrogens (tertiary/aromatic N) is 4. The van der Waals surface area contributed by atoms with E-state index in [-0.39, 0.29) is 16.9 Å². The van der Waals surface area contributed by atoms with Gasteiger partial charge >= 0.3 is 5.97 Å². The fourth-order valence-corrected chi connectivity index (χ4v) is 4.73. The van der Waals surface area contributed by atoms with E-state index in [1.54, 1.807) is 12.3 Å². The van der Waals surface area contributed by atoms with E-state index in [1.165, 1.54) is 17.2 Å². The lowest BCUT2D eigenvalue weighted by atomic mass is 9.94. The molecule has 2 N–H and O–H groups in total. The number of aromatic carboxylic acids is 1. The summed E-state index contributed by atoms with van der Waals surface area (Å²) < 4.78 is 15.1. The Balaban J connectivity index is 1.53. The molecule has 0 unspecified atom stereocenters. The Hall–Kier alpha value is -3.49. The predicted octanol–water partition coefficient (Wildman–Crippen LogP) is 3.79. The number of carboxylic acid groups (broad SMARTS) is 1. The first-order chi connectivity index (χ1) is 15.7. The van der Waals surface area contributed by atoms with E-state index in [2.05, 4.69) is 15.2 Å². The normalized spacial score (nSPS) is 17.8. The summed E-state index contributed by atoms with van der Waals surface area (Å²) in [5, 5.41) is 12.5. The van der Waals surface area contributed by atoms with Crippen molar-refractivity contribution in [1.82, 2.24) is 14.4 Å². The van der Waals surface area contributed by atoms with E-state index in [9.17, 15) is 19.1 Å². The van der Waals surface area contributed by atoms with Gasteiger partial charge in [0.15, 0.2) is 0 Å². The molecular formula is C24H26FN5O3. The lowest BCUT2D eigenvalue weighted by molar-refractivity contribution is 0.0697. The van der Waals surface area contributed by atoms with Crippen molar-refractivity contribution in [2.45, 2.75) is 45.6 Å². The molecule has 1 saturated heterocycles. The van der Waals surface area contributed by atoms with E-state index in [0.717, 1.165) is 49.3 Å². The highest BCUT2D eigenvalue weighted by Gasteiger charge is 2.44. The summed E-state index contributed by atoms with van der Waals surface area (Å²) in [5.41, 5.74) is 2.20. The number of aromatic nitrogens is 3. The quantitative estimate of drug-likeness (QED) is 0.609. The molecule has 1 aliphatic carbocycles. The molecule has 8 nitrogen and oxygen atoms in total. The van der Waals surface area contributed by atoms with Gasteiger partial charge in [-0.2, -0.15) is 0 Å². The van der Waals surface area contributed by atoms with Crippen LogP contribution >= 0.6 is 0 Å². The Morgan fingerprint density at radius 3 is 2.61 bits per heavy atom. The molecule has 1 aliphatic heterocycles. The van der Waals surface area contributed by atoms with Crippen LogP contribution < -0.4 is 15.8 Å². The molecule has 33 heavy (non-hydrogen) atoms. The van der Waals surface area contributed by atoms with Gasteiger partial charge in [0.05, 0.1) is 12.2 Å². The number of carboxylic acids is 1. The zero-order valence-corrected chi connectivity index (χ0v) is 18.6. The smallest absolute Gasteiger partial charge is 0.339 e. The van der Waals surface area contributed by atoms with Gasteiger partial charge in [0, 0.05) is 30.9 Å². The first-order valence-electron chi connectivity index (χ1n) is 11.2. The molecule has 0 aromatic carbocycles. The Morgan fingerprint density at radius 1 is 1.21 bits per heavy atom. The minimum Gasteiger partial charge on any atom is -0.478 e. The number of aryl methyl sites for hydroxylation is 1. The molecule has 3 aromatic heterocycles. The van der Waals surface area contributed by atoms with Crippen molar-refractivity contribution in [3.8, 4) is 0 Å². The van der Waals surface area contributed by atoms with Gasteiger partial charge in [0.2, 0.25) is 0 Å². The van der Waals surface area contributed by atoms with Crippen LogP contribution in [0.25, 0.3) is 5.65 Å². The summed E-state index contributed by atoms with van der Waals surface area (Å²) in [6.45, 7) is 5.49. The van der Waals surface area contributed by atoms with Crippen molar-refractivity contribution in [3.63, 3.8) is 0 Å². The monoisotopic (exact) mass is 451 g/mol. The lowest BCUT2D eigenvalue weighted by Gasteiger charge is -2.33. The van der Waals surface area contributed by atoms with Crippen LogP contribution in [0.1, 0.15) is 60.1 Å². The number of anilines is 2. The van der Waals surface area contributed by atoms with E-state index in [4.69, 9.17) is 4.98 Å². The lowest BCUT2D eigenvalue weighted by Crippen LogP contribution is -2.36. The van der Waals surface area contributed by atoms with E-state index >= 15 is 0 Å². The van der Waals surface area contributed by atoms with Crippen LogP contribution in [0.15, 0.2) is 35.4 Å². The average molecular weight is 452 g/mol. The van der Waals surface area contributed by atoms with E-state index in [0.29, 0.717) is 16.9 Å². The van der Waals surface area contributed by atoms with Crippen LogP contribution in [0.5, 0.6) is 0 Å². The fourth-order valence-electron chi connectivity index (χ4n) is 4.73. The van der Waals surface area contributed by atoms with Crippen molar-refractivity contribution < 1.29 is 14.3 Å². The topological polar surface area (TPSA) is 99.8 Å². The molecule has 0 bridgehead atoms. The largest absolute Gasteiger partial charge is 0.478 e. The van der Waals surface area contributed by atoms with Crippen molar-refractivity contribution in [1.29, 1.82) is 0 Å². The number of hydrogen-bond acceptors (Lipinski definition) is 6. The standard InChI is InChI=1S/C24H26FN5O3/c1-14-9-17(15(2)27-21-18(23(32)33)10-16(25)12-26-21)22-28-19(11-20(31)30(22)13-14)29-7-5-24(3-4-24)6-8-29/h9-13,15H,3-8H2,1-2H3,(H,26,27)(H,32,33)/t15-/m1/s1. The summed E-state index contributed by atoms with van der Waals surface area (Å²) in [4.78, 5) is 35.5. The molecule has 1 atom stereocenters. The second kappa shape index (κ2) is 7.83. The molecule has 0 radical (unpaired) electrons. The van der Waals surface area contributed by atoms with Crippen LogP contribution in [0.4, 0.5) is 16.0 Å². The summed E-state index contributed by atoms with van der Waals surface area (Å²) in [6, 6.07) is 4.00. The third kappa shape index (κ3) is 4.03. The number of carbonyl (C=O) groups is 1. The van der Waals surface area contributed by atoms with Gasteiger partial charge in [0.1, 0.15) is 28.7 Å². The molecule has 5 rings (SSSR count). The van der Waals surface area contributed by atoms with Crippen LogP contribution in [0, 0.1) is 18.2 Å². The third-order valence-electron chi connectivity index (χ3n) is 6.92. The van der Waals surface area contributed by atoms with Crippen LogP contribution in [0.3, 0.4) is 0 Å². The summed E-state index contributed by atoms with van der Waals surface area (Å²) in [6.07, 6.45) is 7.58. The number of nitrogens with one attached hydrogen (secondary N) is 1. The SMILES string of the molecule is Cc1cc([C@@H](C)Nc2ncc(F)cc2C(=O)O)c2nc(N3CCC4(CC3)CC4)cc(=O)n2c1. The zero-order chi connectivity index (χ0) is 23.3. The van der Waals surface area contributed by atoms with Gasteiger partial charge in [0.25, 0.3) is 5.56 Å². The Labute approximate surface area is 190 Å². The summed E-state index contributed by atoms with van der Waals surface area (Å²) >= 11 is 0. The molecule has 2 aliphatic rings. The Morgan fingerprint density at radius 2 is 1.94 bits per heavy atom. The van der Waals surface area contributed by atoms with Gasteiger partial charge < -0.3 is 15.3 Å². The number of rotatable bonds is 5. The predicted molar refractivity (Wildman–Crippen MR) is 123 cm³/mol. The van der Waals surface area contributed by atoms with Crippen molar-refractivity contribution in [2.24, 2.45) is 5.41 Å². The maximum atomic E-state index is 13.5. The van der Waals surface area contributed by atoms with Gasteiger partial charge in [-0.15, -0.1) is 0 Å². The van der Waals surface area contributed by atoms with E-state index in [1.807, 2.05) is 19.9 Å². The molecule has 0 amide bonds. The van der Waals surface area contributed by atoms with Gasteiger partial charge in [-0.25, -0.2) is 19.2 Å². The minimum atomic E-state index is -1.28. The Kier molecular flexibility index (Phi) is 5.07. The first-order valence-corrected chi connectivity index (χ1v) is 11.2. The average Bonchev–Trinajstić information content (AvgIpc) is 3.54. The van der Waals surface area contributed by atoms with Crippen LogP contribution in [0.2, 0.25) is 0 Å². The van der Waals surface area contributed by atoms with Crippen molar-refractivity contribution in [2.75, 3.05) is 23.3 Å². The number of pyridine rings is 2. The van der Waals surface area contributed by atoms with Crippen LogP contribution in [-0.2, 0) is 0 Å². The highest BCUT2D eigenvalue weighted by Crippen LogP contribution is 2.53. The molecule has 4 heterocycles. The number of fused-ring (bicyclic) bond motifs is 1. The van der Waals surface area contributed by atoms with Gasteiger partial charge in [-0.3, -0.25) is 9.20 Å². The first kappa shape index (κ1) is 21.4. The fraction of sp³-hybridized carbons (Fsp3) is 0.417. The third-order valence-corrected chi connectivity index (χ3v) is 6.92. The van der Waals surface area contributed by atoms with Crippen molar-refractivity contribution in [3.05, 3.63) is 63.5 Å². The maximum absolute atomic E-state index is 13.5. The van der Waals surface area contributed by atoms with Gasteiger partial charge in [-0.1, -0.05) is 0 Å². The molecule has 172 valence electrons. The molecular weight excluding hydrogens is 425 g/mol.